The minimum absolute atomic E-state index is 0. The van der Waals surface area contributed by atoms with Gasteiger partial charge in [0, 0.05) is 69.8 Å². The van der Waals surface area contributed by atoms with Gasteiger partial charge in [-0.2, -0.15) is 0 Å². The first-order chi connectivity index (χ1) is 15.7. The van der Waals surface area contributed by atoms with E-state index in [4.69, 9.17) is 20.4 Å². The Bertz CT molecular complexity index is 371. The SMILES string of the molecule is CCCC(=O)C(CC)CO.CCCC(=O)C(CC)CO.CCCC(=O)C(CC)CO.CCO.[Zr]. The molecule has 4 N–H and O–H groups in total. The zero-order chi connectivity index (χ0) is 26.7. The largest absolute Gasteiger partial charge is 0.397 e. The van der Waals surface area contributed by atoms with Crippen LogP contribution < -0.4 is 0 Å². The molecule has 0 heterocycles. The van der Waals surface area contributed by atoms with Gasteiger partial charge in [-0.1, -0.05) is 41.5 Å². The van der Waals surface area contributed by atoms with Crippen molar-refractivity contribution in [2.75, 3.05) is 26.4 Å². The minimum Gasteiger partial charge on any atom is -0.397 e. The predicted molar refractivity (Wildman–Crippen MR) is 135 cm³/mol. The van der Waals surface area contributed by atoms with E-state index in [1.54, 1.807) is 6.92 Å². The molecule has 204 valence electrons. The summed E-state index contributed by atoms with van der Waals surface area (Å²) in [5.74, 6) is 0.271. The van der Waals surface area contributed by atoms with E-state index in [2.05, 4.69) is 0 Å². The third kappa shape index (κ3) is 28.0. The quantitative estimate of drug-likeness (QED) is 0.233. The van der Waals surface area contributed by atoms with Crippen LogP contribution in [0.4, 0.5) is 0 Å². The summed E-state index contributed by atoms with van der Waals surface area (Å²) in [6, 6.07) is 0. The van der Waals surface area contributed by atoms with Gasteiger partial charge in [0.25, 0.3) is 0 Å². The predicted octanol–water partition coefficient (Wildman–Crippen LogP) is 4.12. The van der Waals surface area contributed by atoms with Crippen LogP contribution in [0, 0.1) is 17.8 Å². The van der Waals surface area contributed by atoms with Crippen molar-refractivity contribution in [2.45, 2.75) is 106 Å². The summed E-state index contributed by atoms with van der Waals surface area (Å²) in [6.45, 7) is 13.7. The Morgan fingerprint density at radius 1 is 0.500 bits per heavy atom. The number of carbonyl (C=O) groups is 3. The molecule has 8 heteroatoms. The molecule has 0 aliphatic carbocycles. The number of rotatable bonds is 15. The number of hydrogen-bond donors (Lipinski definition) is 4. The Morgan fingerprint density at radius 2 is 0.676 bits per heavy atom. The van der Waals surface area contributed by atoms with Crippen LogP contribution in [0.15, 0.2) is 0 Å². The molecule has 0 aromatic heterocycles. The molecule has 0 aliphatic heterocycles. The summed E-state index contributed by atoms with van der Waals surface area (Å²) in [6.07, 6.45) is 6.76. The molecule has 3 atom stereocenters. The summed E-state index contributed by atoms with van der Waals surface area (Å²) in [4.78, 5) is 33.1. The second-order valence-electron chi connectivity index (χ2n) is 7.83. The van der Waals surface area contributed by atoms with E-state index in [1.165, 1.54) is 0 Å². The van der Waals surface area contributed by atoms with Crippen LogP contribution in [-0.2, 0) is 40.6 Å². The smallest absolute Gasteiger partial charge is 0.138 e. The van der Waals surface area contributed by atoms with Crippen LogP contribution in [0.25, 0.3) is 0 Å². The first-order valence-electron chi connectivity index (χ1n) is 12.7. The third-order valence-electron chi connectivity index (χ3n) is 4.99. The van der Waals surface area contributed by atoms with Gasteiger partial charge >= 0.3 is 0 Å². The maximum atomic E-state index is 11.0. The number of ketones is 3. The topological polar surface area (TPSA) is 132 Å². The van der Waals surface area contributed by atoms with Crippen LogP contribution in [0.3, 0.4) is 0 Å². The number of Topliss-reactive ketones (excluding diaryl/α,β-unsaturated/α-hetero) is 3. The van der Waals surface area contributed by atoms with Crippen molar-refractivity contribution in [1.82, 2.24) is 0 Å². The van der Waals surface area contributed by atoms with Crippen molar-refractivity contribution in [3.63, 3.8) is 0 Å². The number of aliphatic hydroxyl groups is 4. The van der Waals surface area contributed by atoms with E-state index in [9.17, 15) is 14.4 Å². The van der Waals surface area contributed by atoms with E-state index >= 15 is 0 Å². The van der Waals surface area contributed by atoms with Crippen molar-refractivity contribution >= 4 is 17.3 Å². The van der Waals surface area contributed by atoms with Crippen molar-refractivity contribution in [2.24, 2.45) is 17.8 Å². The van der Waals surface area contributed by atoms with Crippen LogP contribution >= 0.6 is 0 Å². The molecule has 0 saturated heterocycles. The number of hydrogen-bond acceptors (Lipinski definition) is 7. The zero-order valence-corrected chi connectivity index (χ0v) is 25.4. The fraction of sp³-hybridized carbons (Fsp3) is 0.885. The van der Waals surface area contributed by atoms with Gasteiger partial charge < -0.3 is 20.4 Å². The molecule has 7 nitrogen and oxygen atoms in total. The van der Waals surface area contributed by atoms with E-state index < -0.39 is 0 Å². The average Bonchev–Trinajstić information content (AvgIpc) is 2.78. The van der Waals surface area contributed by atoms with E-state index in [1.807, 2.05) is 41.5 Å². The minimum atomic E-state index is -0.111. The standard InChI is InChI=1S/3C8H16O2.C2H6O.Zr/c3*1-3-5-8(10)7(4-2)6-9;1-2-3;/h3*7,9H,3-6H2,1-2H3;3H,2H2,1H3;. The molecule has 0 aromatic carbocycles. The molecule has 0 aliphatic rings. The first-order valence-corrected chi connectivity index (χ1v) is 12.7. The van der Waals surface area contributed by atoms with Gasteiger partial charge in [0.15, 0.2) is 0 Å². The van der Waals surface area contributed by atoms with Crippen molar-refractivity contribution < 1.29 is 61.0 Å². The molecule has 0 rings (SSSR count). The van der Waals surface area contributed by atoms with Crippen LogP contribution in [0.1, 0.15) is 106 Å². The van der Waals surface area contributed by atoms with Gasteiger partial charge in [-0.3, -0.25) is 14.4 Å². The second kappa shape index (κ2) is 34.9. The first kappa shape index (κ1) is 43.8. The van der Waals surface area contributed by atoms with E-state index in [0.29, 0.717) is 19.3 Å². The molecule has 0 spiro atoms. The molecule has 0 bridgehead atoms. The maximum Gasteiger partial charge on any atom is 0.138 e. The number of aliphatic hydroxyl groups excluding tert-OH is 4. The Morgan fingerprint density at radius 3 is 0.765 bits per heavy atom. The van der Waals surface area contributed by atoms with E-state index in [-0.39, 0.29) is 87.7 Å². The molecular weight excluding hydrogens is 516 g/mol. The van der Waals surface area contributed by atoms with Gasteiger partial charge in [0.1, 0.15) is 17.3 Å². The normalized spacial score (nSPS) is 12.1. The molecule has 3 unspecified atom stereocenters. The van der Waals surface area contributed by atoms with Crippen LogP contribution in [-0.4, -0.2) is 64.2 Å². The van der Waals surface area contributed by atoms with Gasteiger partial charge in [0.2, 0.25) is 0 Å². The maximum absolute atomic E-state index is 11.0. The van der Waals surface area contributed by atoms with Gasteiger partial charge in [0.05, 0.1) is 19.8 Å². The molecular formula is C26H54O7Zr. The van der Waals surface area contributed by atoms with E-state index in [0.717, 1.165) is 38.5 Å². The van der Waals surface area contributed by atoms with Crippen molar-refractivity contribution in [3.8, 4) is 0 Å². The Labute approximate surface area is 228 Å². The summed E-state index contributed by atoms with van der Waals surface area (Å²) >= 11 is 0. The van der Waals surface area contributed by atoms with Gasteiger partial charge in [-0.25, -0.2) is 0 Å². The zero-order valence-electron chi connectivity index (χ0n) is 22.9. The van der Waals surface area contributed by atoms with Crippen LogP contribution in [0.2, 0.25) is 0 Å². The molecule has 0 fully saturated rings. The van der Waals surface area contributed by atoms with Crippen molar-refractivity contribution in [3.05, 3.63) is 0 Å². The summed E-state index contributed by atoms with van der Waals surface area (Å²) in [5.41, 5.74) is 0. The number of carbonyl (C=O) groups excluding carboxylic acids is 3. The Hall–Kier alpha value is -0.267. The van der Waals surface area contributed by atoms with Gasteiger partial charge in [-0.15, -0.1) is 0 Å². The Kier molecular flexibility index (Phi) is 44.9. The second-order valence-corrected chi connectivity index (χ2v) is 7.83. The monoisotopic (exact) mass is 568 g/mol. The molecule has 34 heavy (non-hydrogen) atoms. The van der Waals surface area contributed by atoms with Crippen molar-refractivity contribution in [1.29, 1.82) is 0 Å². The van der Waals surface area contributed by atoms with Gasteiger partial charge in [-0.05, 0) is 45.4 Å². The fourth-order valence-electron chi connectivity index (χ4n) is 2.73. The summed E-state index contributed by atoms with van der Waals surface area (Å²) in [7, 11) is 0. The fourth-order valence-corrected chi connectivity index (χ4v) is 2.73. The molecule has 0 saturated carbocycles. The van der Waals surface area contributed by atoms with Crippen LogP contribution in [0.5, 0.6) is 0 Å². The molecule has 0 radical (unpaired) electrons. The summed E-state index contributed by atoms with van der Waals surface area (Å²) < 4.78 is 0. The molecule has 0 aromatic rings. The summed E-state index contributed by atoms with van der Waals surface area (Å²) in [5, 5.41) is 33.7. The average molecular weight is 570 g/mol. The molecule has 0 amide bonds. The third-order valence-corrected chi connectivity index (χ3v) is 4.99. The Balaban J connectivity index is -0.000000115.